The number of hydrogen-bond donors (Lipinski definition) is 1. The number of amides is 1. The van der Waals surface area contributed by atoms with Crippen LogP contribution in [0.15, 0.2) is 18.3 Å². The Labute approximate surface area is 69.4 Å². The molecule has 0 spiro atoms. The lowest BCUT2D eigenvalue weighted by Gasteiger charge is -2.21. The molecular weight excluding hydrogens is 156 g/mol. The van der Waals surface area contributed by atoms with Gasteiger partial charge in [0.05, 0.1) is 0 Å². The summed E-state index contributed by atoms with van der Waals surface area (Å²) in [4.78, 5) is 14.9. The molecule has 0 fully saturated rings. The van der Waals surface area contributed by atoms with Crippen LogP contribution in [0, 0.1) is 0 Å². The van der Waals surface area contributed by atoms with E-state index < -0.39 is 0 Å². The summed E-state index contributed by atoms with van der Waals surface area (Å²) in [5.74, 6) is 0.0787. The van der Waals surface area contributed by atoms with Crippen molar-refractivity contribution in [2.45, 2.75) is 12.8 Å². The Morgan fingerprint density at radius 1 is 1.50 bits per heavy atom. The van der Waals surface area contributed by atoms with Gasteiger partial charge in [0.15, 0.2) is 5.82 Å². The van der Waals surface area contributed by atoms with E-state index in [0.29, 0.717) is 23.7 Å². The van der Waals surface area contributed by atoms with Crippen molar-refractivity contribution < 1.29 is 10.0 Å². The van der Waals surface area contributed by atoms with Gasteiger partial charge < -0.3 is 0 Å². The van der Waals surface area contributed by atoms with Gasteiger partial charge in [-0.2, -0.15) is 5.06 Å². The number of carbonyl (C=O) groups excluding carboxylic acids is 1. The van der Waals surface area contributed by atoms with E-state index in [9.17, 15) is 10.0 Å². The summed E-state index contributed by atoms with van der Waals surface area (Å²) < 4.78 is 0. The lowest BCUT2D eigenvalue weighted by atomic mass is 10.1. The van der Waals surface area contributed by atoms with Crippen LogP contribution >= 0.6 is 0 Å². The minimum atomic E-state index is -0.291. The molecule has 2 rings (SSSR count). The molecule has 0 bridgehead atoms. The number of carbonyl (C=O) groups is 1. The normalized spacial score (nSPS) is 16.1. The van der Waals surface area contributed by atoms with Gasteiger partial charge in [-0.1, -0.05) is 6.07 Å². The maximum absolute atomic E-state index is 11.0. The Bertz CT molecular complexity index is 325. The van der Waals surface area contributed by atoms with Crippen molar-refractivity contribution in [3.05, 3.63) is 23.9 Å². The molecule has 1 amide bonds. The van der Waals surface area contributed by atoms with E-state index in [0.717, 1.165) is 5.56 Å². The van der Waals surface area contributed by atoms with Crippen molar-refractivity contribution in [2.24, 2.45) is 0 Å². The van der Waals surface area contributed by atoms with Gasteiger partial charge in [-0.3, -0.25) is 10.0 Å². The second-order valence-electron chi connectivity index (χ2n) is 2.69. The molecule has 0 saturated heterocycles. The Hall–Kier alpha value is -1.42. The van der Waals surface area contributed by atoms with E-state index in [2.05, 4.69) is 4.98 Å². The first kappa shape index (κ1) is 7.24. The van der Waals surface area contributed by atoms with E-state index in [1.165, 1.54) is 0 Å². The standard InChI is InChI=1S/C8H8N2O2/c11-7-4-3-6-2-1-5-9-8(6)10(7)12/h1-2,5,12H,3-4H2. The van der Waals surface area contributed by atoms with Gasteiger partial charge in [-0.05, 0) is 18.1 Å². The third kappa shape index (κ3) is 0.967. The molecule has 0 aliphatic carbocycles. The number of nitrogens with zero attached hydrogens (tertiary/aromatic N) is 2. The molecular formula is C8H8N2O2. The number of fused-ring (bicyclic) bond motifs is 1. The zero-order valence-corrected chi connectivity index (χ0v) is 6.40. The molecule has 2 heterocycles. The van der Waals surface area contributed by atoms with Gasteiger partial charge in [0.1, 0.15) is 0 Å². The van der Waals surface area contributed by atoms with Crippen molar-refractivity contribution in [3.63, 3.8) is 0 Å². The van der Waals surface area contributed by atoms with Crippen LogP contribution in [0.3, 0.4) is 0 Å². The van der Waals surface area contributed by atoms with Gasteiger partial charge in [-0.15, -0.1) is 0 Å². The van der Waals surface area contributed by atoms with Crippen molar-refractivity contribution in [1.29, 1.82) is 0 Å². The summed E-state index contributed by atoms with van der Waals surface area (Å²) in [5.41, 5.74) is 0.916. The molecule has 1 aliphatic heterocycles. The molecule has 1 aliphatic rings. The fourth-order valence-electron chi connectivity index (χ4n) is 1.28. The first-order valence-electron chi connectivity index (χ1n) is 3.75. The first-order valence-corrected chi connectivity index (χ1v) is 3.75. The molecule has 4 heteroatoms. The van der Waals surface area contributed by atoms with Gasteiger partial charge in [0, 0.05) is 12.6 Å². The maximum Gasteiger partial charge on any atom is 0.252 e. The van der Waals surface area contributed by atoms with Crippen molar-refractivity contribution >= 4 is 11.7 Å². The fourth-order valence-corrected chi connectivity index (χ4v) is 1.28. The predicted molar refractivity (Wildman–Crippen MR) is 41.8 cm³/mol. The molecule has 0 atom stereocenters. The summed E-state index contributed by atoms with van der Waals surface area (Å²) in [6.45, 7) is 0. The number of hydroxylamine groups is 1. The van der Waals surface area contributed by atoms with Crippen LogP contribution in [-0.2, 0) is 11.2 Å². The molecule has 0 saturated carbocycles. The predicted octanol–water partition coefficient (Wildman–Crippen LogP) is 0.750. The van der Waals surface area contributed by atoms with Crippen LogP contribution in [0.2, 0.25) is 0 Å². The highest BCUT2D eigenvalue weighted by Crippen LogP contribution is 2.22. The number of pyridine rings is 1. The highest BCUT2D eigenvalue weighted by atomic mass is 16.5. The molecule has 12 heavy (non-hydrogen) atoms. The molecule has 1 N–H and O–H groups in total. The van der Waals surface area contributed by atoms with Crippen LogP contribution in [0.4, 0.5) is 5.82 Å². The lowest BCUT2D eigenvalue weighted by Crippen LogP contribution is -2.32. The quantitative estimate of drug-likeness (QED) is 0.575. The second-order valence-corrected chi connectivity index (χ2v) is 2.69. The van der Waals surface area contributed by atoms with Crippen LogP contribution in [-0.4, -0.2) is 16.1 Å². The molecule has 0 aromatic carbocycles. The molecule has 0 unspecified atom stereocenters. The number of anilines is 1. The lowest BCUT2D eigenvalue weighted by molar-refractivity contribution is -0.124. The smallest absolute Gasteiger partial charge is 0.252 e. The van der Waals surface area contributed by atoms with Crippen molar-refractivity contribution in [3.8, 4) is 0 Å². The highest BCUT2D eigenvalue weighted by molar-refractivity contribution is 5.92. The fraction of sp³-hybridized carbons (Fsp3) is 0.250. The zero-order chi connectivity index (χ0) is 8.55. The van der Waals surface area contributed by atoms with Crippen LogP contribution in [0.1, 0.15) is 12.0 Å². The molecule has 62 valence electrons. The average Bonchev–Trinajstić information content (AvgIpc) is 2.12. The Morgan fingerprint density at radius 3 is 3.17 bits per heavy atom. The largest absolute Gasteiger partial charge is 0.280 e. The number of hydrogen-bond acceptors (Lipinski definition) is 3. The molecule has 4 nitrogen and oxygen atoms in total. The van der Waals surface area contributed by atoms with Crippen LogP contribution in [0.5, 0.6) is 0 Å². The van der Waals surface area contributed by atoms with E-state index >= 15 is 0 Å². The average molecular weight is 164 g/mol. The summed E-state index contributed by atoms with van der Waals surface area (Å²) in [7, 11) is 0. The number of aromatic nitrogens is 1. The Kier molecular flexibility index (Phi) is 1.55. The molecule has 0 radical (unpaired) electrons. The summed E-state index contributed by atoms with van der Waals surface area (Å²) in [5, 5.41) is 9.88. The van der Waals surface area contributed by atoms with Gasteiger partial charge in [0.25, 0.3) is 5.91 Å². The third-order valence-corrected chi connectivity index (χ3v) is 1.91. The van der Waals surface area contributed by atoms with Crippen LogP contribution < -0.4 is 5.06 Å². The zero-order valence-electron chi connectivity index (χ0n) is 6.40. The Morgan fingerprint density at radius 2 is 2.33 bits per heavy atom. The van der Waals surface area contributed by atoms with E-state index in [-0.39, 0.29) is 5.91 Å². The van der Waals surface area contributed by atoms with Crippen LogP contribution in [0.25, 0.3) is 0 Å². The van der Waals surface area contributed by atoms with Gasteiger partial charge in [-0.25, -0.2) is 4.98 Å². The minimum absolute atomic E-state index is 0.291. The van der Waals surface area contributed by atoms with Gasteiger partial charge in [0.2, 0.25) is 0 Å². The van der Waals surface area contributed by atoms with E-state index in [1.54, 1.807) is 12.3 Å². The highest BCUT2D eigenvalue weighted by Gasteiger charge is 2.22. The number of rotatable bonds is 0. The summed E-state index contributed by atoms with van der Waals surface area (Å²) in [6.07, 6.45) is 2.58. The third-order valence-electron chi connectivity index (χ3n) is 1.91. The topological polar surface area (TPSA) is 53.4 Å². The monoisotopic (exact) mass is 164 g/mol. The molecule has 1 aromatic heterocycles. The second kappa shape index (κ2) is 2.57. The van der Waals surface area contributed by atoms with Gasteiger partial charge >= 0.3 is 0 Å². The summed E-state index contributed by atoms with van der Waals surface area (Å²) >= 11 is 0. The molecule has 1 aromatic rings. The summed E-state index contributed by atoms with van der Waals surface area (Å²) in [6, 6.07) is 3.65. The minimum Gasteiger partial charge on any atom is -0.280 e. The first-order chi connectivity index (χ1) is 5.79. The number of aryl methyl sites for hydroxylation is 1. The van der Waals surface area contributed by atoms with E-state index in [4.69, 9.17) is 0 Å². The maximum atomic E-state index is 11.0. The van der Waals surface area contributed by atoms with E-state index in [1.807, 2.05) is 6.07 Å². The van der Waals surface area contributed by atoms with Crippen molar-refractivity contribution in [2.75, 3.05) is 5.06 Å². The van der Waals surface area contributed by atoms with Crippen molar-refractivity contribution in [1.82, 2.24) is 4.98 Å². The Balaban J connectivity index is 2.48. The SMILES string of the molecule is O=C1CCc2cccnc2N1O.